The number of hydrogen-bond acceptors (Lipinski definition) is 6. The van der Waals surface area contributed by atoms with Gasteiger partial charge in [-0.25, -0.2) is 4.68 Å². The highest BCUT2D eigenvalue weighted by molar-refractivity contribution is 6.00. The summed E-state index contributed by atoms with van der Waals surface area (Å²) in [5.41, 5.74) is 4.78. The van der Waals surface area contributed by atoms with Crippen molar-refractivity contribution in [3.8, 4) is 11.5 Å². The molecule has 0 radical (unpaired) electrons. The van der Waals surface area contributed by atoms with Crippen molar-refractivity contribution in [2.24, 2.45) is 5.41 Å². The molecule has 1 aromatic heterocycles. The van der Waals surface area contributed by atoms with Crippen LogP contribution in [0.3, 0.4) is 0 Å². The van der Waals surface area contributed by atoms with Crippen LogP contribution >= 0.6 is 0 Å². The Hall–Kier alpha value is -3.61. The van der Waals surface area contributed by atoms with E-state index in [1.54, 1.807) is 11.8 Å². The summed E-state index contributed by atoms with van der Waals surface area (Å²) in [6.07, 6.45) is 2.80. The van der Waals surface area contributed by atoms with E-state index in [1.165, 1.54) is 11.9 Å². The van der Waals surface area contributed by atoms with E-state index in [-0.39, 0.29) is 17.2 Å². The predicted octanol–water partition coefficient (Wildman–Crippen LogP) is 4.83. The number of hydrogen-bond donors (Lipinski definition) is 1. The van der Waals surface area contributed by atoms with Crippen LogP contribution in [0.5, 0.6) is 11.5 Å². The lowest BCUT2D eigenvalue weighted by molar-refractivity contribution is -0.118. The second kappa shape index (κ2) is 8.06. The van der Waals surface area contributed by atoms with Crippen LogP contribution in [0.1, 0.15) is 49.4 Å². The number of ether oxygens (including phenoxy) is 2. The number of Topliss-reactive ketones (excluding diaryl/α,β-unsaturated/α-hetero) is 1. The van der Waals surface area contributed by atoms with Gasteiger partial charge in [-0.2, -0.15) is 10.1 Å². The number of ketones is 1. The number of aryl methyl sites for hydroxylation is 1. The second-order valence-corrected chi connectivity index (χ2v) is 9.58. The number of rotatable bonds is 5. The van der Waals surface area contributed by atoms with Gasteiger partial charge in [-0.1, -0.05) is 49.7 Å². The minimum Gasteiger partial charge on any atom is -0.493 e. The molecule has 1 aliphatic carbocycles. The van der Waals surface area contributed by atoms with Gasteiger partial charge >= 0.3 is 0 Å². The molecular weight excluding hydrogens is 416 g/mol. The summed E-state index contributed by atoms with van der Waals surface area (Å²) in [4.78, 5) is 17.6. The number of allylic oxidation sites excluding steroid dienone is 2. The van der Waals surface area contributed by atoms with Gasteiger partial charge in [0.2, 0.25) is 5.95 Å². The summed E-state index contributed by atoms with van der Waals surface area (Å²) in [5.74, 6) is 2.05. The maximum Gasteiger partial charge on any atom is 0.226 e. The fraction of sp³-hybridized carbons (Fsp3) is 0.346. The van der Waals surface area contributed by atoms with E-state index in [0.29, 0.717) is 30.5 Å². The quantitative estimate of drug-likeness (QED) is 0.607. The first-order valence-corrected chi connectivity index (χ1v) is 11.1. The monoisotopic (exact) mass is 444 g/mol. The Kier molecular flexibility index (Phi) is 5.19. The lowest BCUT2D eigenvalue weighted by Crippen LogP contribution is -2.36. The number of anilines is 1. The van der Waals surface area contributed by atoms with Crippen LogP contribution in [0.15, 0.2) is 60.1 Å². The number of methoxy groups -OCH3 is 1. The molecule has 1 atom stereocenters. The molecule has 7 nitrogen and oxygen atoms in total. The fourth-order valence-electron chi connectivity index (χ4n) is 4.79. The van der Waals surface area contributed by atoms with Gasteiger partial charge in [-0.15, -0.1) is 0 Å². The molecule has 0 saturated carbocycles. The van der Waals surface area contributed by atoms with E-state index in [1.807, 2.05) is 30.3 Å². The minimum absolute atomic E-state index is 0.0964. The Balaban J connectivity index is 1.50. The van der Waals surface area contributed by atoms with Crippen LogP contribution in [0.25, 0.3) is 0 Å². The molecule has 0 fully saturated rings. The Bertz CT molecular complexity index is 1260. The molecule has 1 N–H and O–H groups in total. The van der Waals surface area contributed by atoms with Crippen molar-refractivity contribution in [2.75, 3.05) is 12.4 Å². The third-order valence-corrected chi connectivity index (χ3v) is 6.25. The summed E-state index contributed by atoms with van der Waals surface area (Å²) in [6, 6.07) is 13.7. The predicted molar refractivity (Wildman–Crippen MR) is 125 cm³/mol. The van der Waals surface area contributed by atoms with Crippen molar-refractivity contribution in [1.82, 2.24) is 14.8 Å². The number of benzene rings is 2. The van der Waals surface area contributed by atoms with Crippen molar-refractivity contribution < 1.29 is 14.3 Å². The van der Waals surface area contributed by atoms with Gasteiger partial charge in [0.05, 0.1) is 7.11 Å². The maximum absolute atomic E-state index is 13.3. The Labute approximate surface area is 193 Å². The first-order valence-electron chi connectivity index (χ1n) is 11.1. The molecule has 2 aromatic carbocycles. The molecule has 2 aliphatic rings. The van der Waals surface area contributed by atoms with E-state index in [4.69, 9.17) is 9.47 Å². The number of carbonyl (C=O) groups excluding carboxylic acids is 1. The Morgan fingerprint density at radius 1 is 1.15 bits per heavy atom. The highest BCUT2D eigenvalue weighted by Gasteiger charge is 2.41. The summed E-state index contributed by atoms with van der Waals surface area (Å²) < 4.78 is 13.5. The molecule has 3 aromatic rings. The largest absolute Gasteiger partial charge is 0.493 e. The molecule has 170 valence electrons. The molecule has 0 amide bonds. The number of nitrogens with one attached hydrogen (secondary N) is 1. The van der Waals surface area contributed by atoms with Crippen LogP contribution in [0.4, 0.5) is 5.95 Å². The lowest BCUT2D eigenvalue weighted by Gasteiger charge is -2.38. The SMILES string of the molecule is COc1cc(C2C3=C(CC(C)(C)CC3=O)Nc3ncnn32)ccc1OCc1cccc(C)c1. The summed E-state index contributed by atoms with van der Waals surface area (Å²) in [7, 11) is 1.63. The topological polar surface area (TPSA) is 78.3 Å². The average molecular weight is 445 g/mol. The van der Waals surface area contributed by atoms with Crippen LogP contribution in [-0.2, 0) is 11.4 Å². The van der Waals surface area contributed by atoms with Gasteiger partial charge in [-0.05, 0) is 42.0 Å². The highest BCUT2D eigenvalue weighted by atomic mass is 16.5. The van der Waals surface area contributed by atoms with Gasteiger partial charge in [0.1, 0.15) is 19.0 Å². The molecule has 0 saturated heterocycles. The van der Waals surface area contributed by atoms with Gasteiger partial charge in [0, 0.05) is 17.7 Å². The van der Waals surface area contributed by atoms with Crippen LogP contribution in [0, 0.1) is 12.3 Å². The van der Waals surface area contributed by atoms with E-state index in [0.717, 1.165) is 28.8 Å². The number of nitrogens with zero attached hydrogens (tertiary/aromatic N) is 3. The summed E-state index contributed by atoms with van der Waals surface area (Å²) in [5, 5.41) is 7.76. The molecule has 1 unspecified atom stereocenters. The summed E-state index contributed by atoms with van der Waals surface area (Å²) in [6.45, 7) is 6.75. The van der Waals surface area contributed by atoms with Crippen molar-refractivity contribution >= 4 is 11.7 Å². The van der Waals surface area contributed by atoms with Crippen LogP contribution in [-0.4, -0.2) is 27.7 Å². The van der Waals surface area contributed by atoms with Crippen molar-refractivity contribution in [2.45, 2.75) is 46.3 Å². The fourth-order valence-corrected chi connectivity index (χ4v) is 4.79. The van der Waals surface area contributed by atoms with E-state index < -0.39 is 0 Å². The first-order chi connectivity index (χ1) is 15.8. The zero-order valence-electron chi connectivity index (χ0n) is 19.4. The number of aromatic nitrogens is 3. The van der Waals surface area contributed by atoms with Gasteiger partial charge in [0.25, 0.3) is 0 Å². The van der Waals surface area contributed by atoms with Crippen LogP contribution < -0.4 is 14.8 Å². The lowest BCUT2D eigenvalue weighted by atomic mass is 9.73. The molecule has 33 heavy (non-hydrogen) atoms. The molecule has 7 heteroatoms. The number of fused-ring (bicyclic) bond motifs is 1. The smallest absolute Gasteiger partial charge is 0.226 e. The molecular formula is C26H28N4O3. The maximum atomic E-state index is 13.3. The normalized spacial score (nSPS) is 18.9. The van der Waals surface area contributed by atoms with Gasteiger partial charge < -0.3 is 14.8 Å². The molecule has 0 bridgehead atoms. The third kappa shape index (κ3) is 3.99. The van der Waals surface area contributed by atoms with Crippen LogP contribution in [0.2, 0.25) is 0 Å². The van der Waals surface area contributed by atoms with E-state index in [2.05, 4.69) is 48.3 Å². The Morgan fingerprint density at radius 2 is 2.00 bits per heavy atom. The Morgan fingerprint density at radius 3 is 2.79 bits per heavy atom. The third-order valence-electron chi connectivity index (χ3n) is 6.25. The van der Waals surface area contributed by atoms with Gasteiger partial charge in [0.15, 0.2) is 17.3 Å². The van der Waals surface area contributed by atoms with E-state index >= 15 is 0 Å². The highest BCUT2D eigenvalue weighted by Crippen LogP contribution is 2.46. The molecule has 2 heterocycles. The zero-order valence-corrected chi connectivity index (χ0v) is 19.4. The first kappa shape index (κ1) is 21.2. The second-order valence-electron chi connectivity index (χ2n) is 9.58. The molecule has 5 rings (SSSR count). The average Bonchev–Trinajstić information content (AvgIpc) is 3.23. The van der Waals surface area contributed by atoms with E-state index in [9.17, 15) is 4.79 Å². The summed E-state index contributed by atoms with van der Waals surface area (Å²) >= 11 is 0. The molecule has 0 spiro atoms. The van der Waals surface area contributed by atoms with Crippen molar-refractivity contribution in [1.29, 1.82) is 0 Å². The van der Waals surface area contributed by atoms with Gasteiger partial charge in [-0.3, -0.25) is 4.79 Å². The molecule has 1 aliphatic heterocycles. The standard InChI is InChI=1S/C26H28N4O3/c1-16-6-5-7-17(10-16)14-33-21-9-8-18(11-22(21)32-4)24-23-19(12-26(2,3)13-20(23)31)29-25-27-15-28-30(24)25/h5-11,15,24H,12-14H2,1-4H3,(H,27,28,29). The van der Waals surface area contributed by atoms with Crippen molar-refractivity contribution in [3.05, 3.63) is 76.8 Å². The minimum atomic E-state index is -0.359. The van der Waals surface area contributed by atoms with Crippen molar-refractivity contribution in [3.63, 3.8) is 0 Å². The zero-order chi connectivity index (χ0) is 23.2. The number of carbonyl (C=O) groups is 1.